The Kier molecular flexibility index (Phi) is 3.46. The van der Waals surface area contributed by atoms with E-state index in [4.69, 9.17) is 4.74 Å². The van der Waals surface area contributed by atoms with Crippen LogP contribution in [0.4, 0.5) is 0 Å². The van der Waals surface area contributed by atoms with Gasteiger partial charge in [0, 0.05) is 13.7 Å². The van der Waals surface area contributed by atoms with Crippen LogP contribution in [0.3, 0.4) is 0 Å². The van der Waals surface area contributed by atoms with Gasteiger partial charge in [-0.3, -0.25) is 4.79 Å². The van der Waals surface area contributed by atoms with Crippen molar-refractivity contribution < 1.29 is 17.9 Å². The first kappa shape index (κ1) is 11.4. The van der Waals surface area contributed by atoms with Crippen LogP contribution in [0.25, 0.3) is 0 Å². The first-order valence-electron chi connectivity index (χ1n) is 4.17. The molecule has 1 heterocycles. The van der Waals surface area contributed by atoms with Gasteiger partial charge in [-0.15, -0.1) is 0 Å². The number of rotatable bonds is 4. The molecule has 1 fully saturated rings. The van der Waals surface area contributed by atoms with E-state index in [0.717, 1.165) is 10.6 Å². The molecule has 0 radical (unpaired) electrons. The van der Waals surface area contributed by atoms with Crippen LogP contribution in [0.5, 0.6) is 0 Å². The van der Waals surface area contributed by atoms with E-state index >= 15 is 0 Å². The molecule has 1 rings (SSSR count). The van der Waals surface area contributed by atoms with Gasteiger partial charge in [-0.05, 0) is 0 Å². The summed E-state index contributed by atoms with van der Waals surface area (Å²) in [5.74, 6) is -0.174. The number of amides is 1. The van der Waals surface area contributed by atoms with Gasteiger partial charge in [0.15, 0.2) is 0 Å². The van der Waals surface area contributed by atoms with E-state index in [1.54, 1.807) is 0 Å². The summed E-state index contributed by atoms with van der Waals surface area (Å²) in [4.78, 5) is 12.8. The number of hydrogen-bond donors (Lipinski definition) is 0. The Labute approximate surface area is 83.5 Å². The summed E-state index contributed by atoms with van der Waals surface area (Å²) >= 11 is 0. The minimum absolute atomic E-state index is 0.0530. The Bertz CT molecular complexity index is 314. The molecule has 0 aromatic carbocycles. The zero-order valence-electron chi connectivity index (χ0n) is 8.26. The van der Waals surface area contributed by atoms with Crippen LogP contribution >= 0.6 is 0 Å². The standard InChI is InChI=1S/C7H14N2O4S/c1-13-4-3-8-6-9(5-7(8)10)14(2,11)12/h3-6H2,1-2H3. The Morgan fingerprint density at radius 3 is 2.57 bits per heavy atom. The first-order chi connectivity index (χ1) is 6.45. The van der Waals surface area contributed by atoms with E-state index in [1.807, 2.05) is 0 Å². The topological polar surface area (TPSA) is 66.9 Å². The van der Waals surface area contributed by atoms with Crippen molar-refractivity contribution in [3.05, 3.63) is 0 Å². The average molecular weight is 222 g/mol. The van der Waals surface area contributed by atoms with Gasteiger partial charge in [0.25, 0.3) is 0 Å². The molecule has 0 aliphatic carbocycles. The van der Waals surface area contributed by atoms with Crippen molar-refractivity contribution >= 4 is 15.9 Å². The number of sulfonamides is 1. The summed E-state index contributed by atoms with van der Waals surface area (Å²) in [6, 6.07) is 0. The van der Waals surface area contributed by atoms with E-state index in [0.29, 0.717) is 13.2 Å². The highest BCUT2D eigenvalue weighted by Crippen LogP contribution is 2.09. The maximum atomic E-state index is 11.3. The molecule has 0 atom stereocenters. The van der Waals surface area contributed by atoms with Crippen molar-refractivity contribution in [3.8, 4) is 0 Å². The van der Waals surface area contributed by atoms with Gasteiger partial charge in [-0.2, -0.15) is 4.31 Å². The van der Waals surface area contributed by atoms with Gasteiger partial charge in [0.05, 0.1) is 26.1 Å². The van der Waals surface area contributed by atoms with Crippen LogP contribution in [0.15, 0.2) is 0 Å². The number of ether oxygens (including phenoxy) is 1. The third-order valence-corrected chi connectivity index (χ3v) is 3.21. The second-order valence-corrected chi connectivity index (χ2v) is 5.15. The van der Waals surface area contributed by atoms with Crippen LogP contribution in [-0.4, -0.2) is 63.3 Å². The number of methoxy groups -OCH3 is 1. The molecular formula is C7H14N2O4S. The molecular weight excluding hydrogens is 208 g/mol. The molecule has 0 unspecified atom stereocenters. The maximum absolute atomic E-state index is 11.3. The van der Waals surface area contributed by atoms with Gasteiger partial charge in [-0.25, -0.2) is 8.42 Å². The first-order valence-corrected chi connectivity index (χ1v) is 6.02. The molecule has 0 spiro atoms. The summed E-state index contributed by atoms with van der Waals surface area (Å²) < 4.78 is 28.2. The normalized spacial score (nSPS) is 19.3. The van der Waals surface area contributed by atoms with Crippen molar-refractivity contribution in [2.75, 3.05) is 39.7 Å². The Balaban J connectivity index is 2.56. The minimum atomic E-state index is -3.26. The van der Waals surface area contributed by atoms with Crippen LogP contribution in [0.2, 0.25) is 0 Å². The van der Waals surface area contributed by atoms with E-state index in [2.05, 4.69) is 0 Å². The number of carbonyl (C=O) groups is 1. The quantitative estimate of drug-likeness (QED) is 0.592. The molecule has 0 N–H and O–H groups in total. The third kappa shape index (κ3) is 2.66. The van der Waals surface area contributed by atoms with Crippen LogP contribution < -0.4 is 0 Å². The van der Waals surface area contributed by atoms with Crippen LogP contribution in [0, 0.1) is 0 Å². The van der Waals surface area contributed by atoms with Crippen molar-refractivity contribution in [2.45, 2.75) is 0 Å². The fraction of sp³-hybridized carbons (Fsp3) is 0.857. The summed E-state index contributed by atoms with van der Waals surface area (Å²) in [6.07, 6.45) is 1.10. The lowest BCUT2D eigenvalue weighted by atomic mass is 10.5. The van der Waals surface area contributed by atoms with Crippen LogP contribution in [0.1, 0.15) is 0 Å². The smallest absolute Gasteiger partial charge is 0.239 e. The predicted octanol–water partition coefficient (Wildman–Crippen LogP) is -1.31. The SMILES string of the molecule is COCCN1CN(S(C)(=O)=O)CC1=O. The third-order valence-electron chi connectivity index (χ3n) is 2.03. The molecule has 0 saturated carbocycles. The molecule has 0 bridgehead atoms. The van der Waals surface area contributed by atoms with Gasteiger partial charge in [-0.1, -0.05) is 0 Å². The van der Waals surface area contributed by atoms with Gasteiger partial charge < -0.3 is 9.64 Å². The predicted molar refractivity (Wildman–Crippen MR) is 50.0 cm³/mol. The second kappa shape index (κ2) is 4.24. The summed E-state index contributed by atoms with van der Waals surface area (Å²) in [5.41, 5.74) is 0. The number of nitrogens with zero attached hydrogens (tertiary/aromatic N) is 2. The van der Waals surface area contributed by atoms with Crippen molar-refractivity contribution in [1.82, 2.24) is 9.21 Å². The highest BCUT2D eigenvalue weighted by molar-refractivity contribution is 7.88. The molecule has 14 heavy (non-hydrogen) atoms. The van der Waals surface area contributed by atoms with Gasteiger partial charge in [0.2, 0.25) is 15.9 Å². The molecule has 0 aromatic heterocycles. The van der Waals surface area contributed by atoms with Crippen molar-refractivity contribution in [2.24, 2.45) is 0 Å². The highest BCUT2D eigenvalue weighted by Gasteiger charge is 2.32. The summed E-state index contributed by atoms with van der Waals surface area (Å²) in [6.45, 7) is 0.939. The largest absolute Gasteiger partial charge is 0.383 e. The number of hydrogen-bond acceptors (Lipinski definition) is 4. The average Bonchev–Trinajstić information content (AvgIpc) is 2.43. The molecule has 1 aliphatic heterocycles. The molecule has 1 aliphatic rings. The molecule has 1 saturated heterocycles. The van der Waals surface area contributed by atoms with Gasteiger partial charge in [0.1, 0.15) is 0 Å². The molecule has 82 valence electrons. The number of carbonyl (C=O) groups excluding carboxylic acids is 1. The van der Waals surface area contributed by atoms with Crippen molar-refractivity contribution in [3.63, 3.8) is 0 Å². The van der Waals surface area contributed by atoms with E-state index < -0.39 is 10.0 Å². The van der Waals surface area contributed by atoms with Gasteiger partial charge >= 0.3 is 0 Å². The molecule has 1 amide bonds. The summed E-state index contributed by atoms with van der Waals surface area (Å²) in [7, 11) is -1.73. The zero-order valence-corrected chi connectivity index (χ0v) is 9.08. The Morgan fingerprint density at radius 1 is 1.50 bits per heavy atom. The Hall–Kier alpha value is -0.660. The minimum Gasteiger partial charge on any atom is -0.383 e. The van der Waals surface area contributed by atoms with Crippen molar-refractivity contribution in [1.29, 1.82) is 0 Å². The molecule has 6 nitrogen and oxygen atoms in total. The fourth-order valence-corrected chi connectivity index (χ4v) is 1.88. The highest BCUT2D eigenvalue weighted by atomic mass is 32.2. The zero-order chi connectivity index (χ0) is 10.8. The second-order valence-electron chi connectivity index (χ2n) is 3.16. The Morgan fingerprint density at radius 2 is 2.14 bits per heavy atom. The van der Waals surface area contributed by atoms with E-state index in [-0.39, 0.29) is 19.1 Å². The molecule has 0 aromatic rings. The monoisotopic (exact) mass is 222 g/mol. The lowest BCUT2D eigenvalue weighted by molar-refractivity contribution is -0.127. The maximum Gasteiger partial charge on any atom is 0.239 e. The van der Waals surface area contributed by atoms with E-state index in [9.17, 15) is 13.2 Å². The van der Waals surface area contributed by atoms with E-state index in [1.165, 1.54) is 12.0 Å². The summed E-state index contributed by atoms with van der Waals surface area (Å²) in [5, 5.41) is 0. The molecule has 7 heteroatoms. The van der Waals surface area contributed by atoms with Crippen LogP contribution in [-0.2, 0) is 19.6 Å². The fourth-order valence-electron chi connectivity index (χ4n) is 1.19. The lowest BCUT2D eigenvalue weighted by Gasteiger charge is -2.15. The lowest BCUT2D eigenvalue weighted by Crippen LogP contribution is -2.32.